The molecule has 0 bridgehead atoms. The fourth-order valence-corrected chi connectivity index (χ4v) is 5.12. The number of methoxy groups -OCH3 is 2. The maximum absolute atomic E-state index is 13.0. The Morgan fingerprint density at radius 1 is 1.14 bits per heavy atom. The number of esters is 2. The summed E-state index contributed by atoms with van der Waals surface area (Å²) in [5.41, 5.74) is 1.67. The SMILES string of the molecule is C=C(C)[C@@H]1CN(S(=O)(=O)c2ccc(C)cc2)CC[C@@H]1C(C(=O)OC)C(=O)OC. The number of aryl methyl sites for hydroxylation is 1. The molecule has 1 aromatic carbocycles. The minimum absolute atomic E-state index is 0.140. The number of carbonyl (C=O) groups is 2. The van der Waals surface area contributed by atoms with Gasteiger partial charge in [-0.05, 0) is 44.2 Å². The lowest BCUT2D eigenvalue weighted by molar-refractivity contribution is -0.163. The third-order valence-corrected chi connectivity index (χ3v) is 7.14. The Hall–Kier alpha value is -2.19. The lowest BCUT2D eigenvalue weighted by Gasteiger charge is -2.40. The third kappa shape index (κ3) is 4.44. The number of piperidine rings is 1. The molecule has 0 aromatic heterocycles. The van der Waals surface area contributed by atoms with Crippen molar-refractivity contribution in [2.45, 2.75) is 25.2 Å². The molecule has 1 aromatic rings. The summed E-state index contributed by atoms with van der Waals surface area (Å²) >= 11 is 0. The van der Waals surface area contributed by atoms with Crippen molar-refractivity contribution >= 4 is 22.0 Å². The van der Waals surface area contributed by atoms with E-state index in [1.807, 2.05) is 6.92 Å². The van der Waals surface area contributed by atoms with Gasteiger partial charge >= 0.3 is 11.9 Å². The van der Waals surface area contributed by atoms with E-state index in [1.165, 1.54) is 18.5 Å². The predicted octanol–water partition coefficient (Wildman–Crippen LogP) is 2.16. The van der Waals surface area contributed by atoms with Gasteiger partial charge in [0.1, 0.15) is 0 Å². The summed E-state index contributed by atoms with van der Waals surface area (Å²) in [5, 5.41) is 0. The van der Waals surface area contributed by atoms with Gasteiger partial charge in [0.25, 0.3) is 0 Å². The number of rotatable bonds is 6. The Morgan fingerprint density at radius 2 is 1.68 bits per heavy atom. The number of carbonyl (C=O) groups excluding carboxylic acids is 2. The zero-order chi connectivity index (χ0) is 21.1. The molecule has 1 aliphatic rings. The van der Waals surface area contributed by atoms with E-state index in [4.69, 9.17) is 9.47 Å². The first-order valence-electron chi connectivity index (χ1n) is 9.01. The number of hydrogen-bond acceptors (Lipinski definition) is 6. The zero-order valence-corrected chi connectivity index (χ0v) is 17.5. The molecule has 1 fully saturated rings. The molecule has 0 aliphatic carbocycles. The average molecular weight is 410 g/mol. The van der Waals surface area contributed by atoms with Gasteiger partial charge in [0.15, 0.2) is 5.92 Å². The second-order valence-corrected chi connectivity index (χ2v) is 9.04. The van der Waals surface area contributed by atoms with Crippen molar-refractivity contribution in [3.63, 3.8) is 0 Å². The first-order valence-corrected chi connectivity index (χ1v) is 10.4. The minimum atomic E-state index is -3.69. The molecular formula is C20H27NO6S. The molecule has 7 nitrogen and oxygen atoms in total. The monoisotopic (exact) mass is 409 g/mol. The van der Waals surface area contributed by atoms with Gasteiger partial charge < -0.3 is 9.47 Å². The summed E-state index contributed by atoms with van der Waals surface area (Å²) in [4.78, 5) is 24.7. The molecule has 1 aliphatic heterocycles. The van der Waals surface area contributed by atoms with Crippen LogP contribution in [-0.4, -0.2) is 52.0 Å². The highest BCUT2D eigenvalue weighted by molar-refractivity contribution is 7.89. The average Bonchev–Trinajstić information content (AvgIpc) is 2.67. The number of nitrogens with zero attached hydrogens (tertiary/aromatic N) is 1. The Kier molecular flexibility index (Phi) is 7.01. The van der Waals surface area contributed by atoms with Crippen LogP contribution in [0.25, 0.3) is 0 Å². The van der Waals surface area contributed by atoms with Crippen molar-refractivity contribution in [1.29, 1.82) is 0 Å². The second-order valence-electron chi connectivity index (χ2n) is 7.11. The number of hydrogen-bond donors (Lipinski definition) is 0. The predicted molar refractivity (Wildman–Crippen MR) is 104 cm³/mol. The van der Waals surface area contributed by atoms with Crippen LogP contribution in [0.15, 0.2) is 41.3 Å². The van der Waals surface area contributed by atoms with Crippen molar-refractivity contribution in [2.75, 3.05) is 27.3 Å². The first kappa shape index (κ1) is 22.1. The van der Waals surface area contributed by atoms with Gasteiger partial charge in [-0.1, -0.05) is 29.8 Å². The summed E-state index contributed by atoms with van der Waals surface area (Å²) in [5.74, 6) is -3.30. The van der Waals surface area contributed by atoms with E-state index in [2.05, 4.69) is 6.58 Å². The molecule has 154 valence electrons. The molecule has 0 spiro atoms. The lowest BCUT2D eigenvalue weighted by atomic mass is 9.74. The molecule has 0 amide bonds. The molecule has 28 heavy (non-hydrogen) atoms. The quantitative estimate of drug-likeness (QED) is 0.406. The topological polar surface area (TPSA) is 90.0 Å². The molecule has 1 heterocycles. The molecule has 2 atom stereocenters. The minimum Gasteiger partial charge on any atom is -0.468 e. The summed E-state index contributed by atoms with van der Waals surface area (Å²) in [6, 6.07) is 6.66. The summed E-state index contributed by atoms with van der Waals surface area (Å²) < 4.78 is 37.0. The van der Waals surface area contributed by atoms with Crippen molar-refractivity contribution < 1.29 is 27.5 Å². The highest BCUT2D eigenvalue weighted by atomic mass is 32.2. The number of sulfonamides is 1. The Balaban J connectivity index is 2.33. The van der Waals surface area contributed by atoms with E-state index < -0.39 is 33.8 Å². The van der Waals surface area contributed by atoms with Crippen LogP contribution >= 0.6 is 0 Å². The van der Waals surface area contributed by atoms with Crippen LogP contribution in [-0.2, 0) is 29.1 Å². The Bertz CT molecular complexity index is 830. The van der Waals surface area contributed by atoms with Gasteiger partial charge in [-0.2, -0.15) is 4.31 Å². The summed E-state index contributed by atoms with van der Waals surface area (Å²) in [7, 11) is -1.26. The van der Waals surface area contributed by atoms with E-state index in [-0.39, 0.29) is 23.9 Å². The molecule has 0 N–H and O–H groups in total. The molecule has 8 heteroatoms. The third-order valence-electron chi connectivity index (χ3n) is 5.26. The molecular weight excluding hydrogens is 382 g/mol. The van der Waals surface area contributed by atoms with Crippen LogP contribution in [0.1, 0.15) is 18.9 Å². The largest absolute Gasteiger partial charge is 0.468 e. The first-order chi connectivity index (χ1) is 13.1. The van der Waals surface area contributed by atoms with Crippen LogP contribution in [0.5, 0.6) is 0 Å². The van der Waals surface area contributed by atoms with Crippen molar-refractivity contribution in [3.8, 4) is 0 Å². The van der Waals surface area contributed by atoms with Crippen LogP contribution in [0.4, 0.5) is 0 Å². The van der Waals surface area contributed by atoms with Gasteiger partial charge in [0.05, 0.1) is 19.1 Å². The van der Waals surface area contributed by atoms with Gasteiger partial charge in [0, 0.05) is 13.1 Å². The fourth-order valence-electron chi connectivity index (χ4n) is 3.64. The van der Waals surface area contributed by atoms with Crippen molar-refractivity contribution in [3.05, 3.63) is 42.0 Å². The Morgan fingerprint density at radius 3 is 2.14 bits per heavy atom. The maximum Gasteiger partial charge on any atom is 0.320 e. The standard InChI is InChI=1S/C20H27NO6S/c1-13(2)17-12-21(28(24,25)15-8-6-14(3)7-9-15)11-10-16(17)18(19(22)26-4)20(23)27-5/h6-9,16-18H,1,10-12H2,2-5H3/t16-,17-/m0/s1. The van der Waals surface area contributed by atoms with Gasteiger partial charge in [-0.3, -0.25) is 9.59 Å². The Labute approximate surface area is 166 Å². The summed E-state index contributed by atoms with van der Waals surface area (Å²) in [6.45, 7) is 7.94. The molecule has 1 saturated heterocycles. The number of ether oxygens (including phenoxy) is 2. The van der Waals surface area contributed by atoms with Crippen LogP contribution in [0, 0.1) is 24.7 Å². The van der Waals surface area contributed by atoms with Gasteiger partial charge in [-0.15, -0.1) is 0 Å². The molecule has 0 saturated carbocycles. The van der Waals surface area contributed by atoms with Crippen molar-refractivity contribution in [1.82, 2.24) is 4.31 Å². The lowest BCUT2D eigenvalue weighted by Crippen LogP contribution is -2.49. The van der Waals surface area contributed by atoms with Crippen molar-refractivity contribution in [2.24, 2.45) is 17.8 Å². The summed E-state index contributed by atoms with van der Waals surface area (Å²) in [6.07, 6.45) is 0.317. The fraction of sp³-hybridized carbons (Fsp3) is 0.500. The van der Waals surface area contributed by atoms with E-state index >= 15 is 0 Å². The molecule has 0 radical (unpaired) electrons. The van der Waals surface area contributed by atoms with Crippen LogP contribution in [0.3, 0.4) is 0 Å². The smallest absolute Gasteiger partial charge is 0.320 e. The van der Waals surface area contributed by atoms with Gasteiger partial charge in [0.2, 0.25) is 10.0 Å². The second kappa shape index (κ2) is 8.87. The molecule has 0 unspecified atom stereocenters. The van der Waals surface area contributed by atoms with Crippen LogP contribution < -0.4 is 0 Å². The number of benzene rings is 1. The van der Waals surface area contributed by atoms with Gasteiger partial charge in [-0.25, -0.2) is 8.42 Å². The normalized spacial score (nSPS) is 20.6. The van der Waals surface area contributed by atoms with E-state index in [9.17, 15) is 18.0 Å². The zero-order valence-electron chi connectivity index (χ0n) is 16.7. The van der Waals surface area contributed by atoms with E-state index in [0.29, 0.717) is 12.0 Å². The maximum atomic E-state index is 13.0. The van der Waals surface area contributed by atoms with Crippen LogP contribution in [0.2, 0.25) is 0 Å². The van der Waals surface area contributed by atoms with E-state index in [1.54, 1.807) is 31.2 Å². The van der Waals surface area contributed by atoms with E-state index in [0.717, 1.165) is 5.56 Å². The highest BCUT2D eigenvalue weighted by Crippen LogP contribution is 2.37. The highest BCUT2D eigenvalue weighted by Gasteiger charge is 2.45. The molecule has 2 rings (SSSR count).